The third-order valence-corrected chi connectivity index (χ3v) is 6.49. The van der Waals surface area contributed by atoms with Crippen LogP contribution in [0.4, 0.5) is 22.1 Å². The molecule has 3 heterocycles. The molecule has 9 nitrogen and oxygen atoms in total. The summed E-state index contributed by atoms with van der Waals surface area (Å²) in [4.78, 5) is 40.9. The van der Waals surface area contributed by atoms with Crippen LogP contribution in [-0.4, -0.2) is 64.7 Å². The van der Waals surface area contributed by atoms with E-state index in [0.29, 0.717) is 55.1 Å². The summed E-state index contributed by atoms with van der Waals surface area (Å²) >= 11 is 6.24. The number of fused-ring (bicyclic) bond motifs is 1. The second-order valence-electron chi connectivity index (χ2n) is 10.2. The normalized spacial score (nSPS) is 18.1. The quantitative estimate of drug-likeness (QED) is 0.597. The van der Waals surface area contributed by atoms with Crippen LogP contribution >= 0.6 is 11.6 Å². The van der Waals surface area contributed by atoms with E-state index in [0.717, 1.165) is 24.8 Å². The van der Waals surface area contributed by atoms with Crippen molar-refractivity contribution in [2.75, 3.05) is 41.3 Å². The van der Waals surface area contributed by atoms with Crippen LogP contribution in [0, 0.1) is 0 Å². The number of nitrogens with one attached hydrogen (secondary N) is 1. The van der Waals surface area contributed by atoms with Gasteiger partial charge in [-0.25, -0.2) is 14.8 Å². The Morgan fingerprint density at radius 3 is 2.61 bits per heavy atom. The molecule has 2 aromatic rings. The van der Waals surface area contributed by atoms with Crippen molar-refractivity contribution in [2.24, 2.45) is 0 Å². The molecule has 1 aromatic carbocycles. The van der Waals surface area contributed by atoms with Gasteiger partial charge in [0.2, 0.25) is 5.91 Å². The number of nitrogens with zero attached hydrogens (tertiary/aromatic N) is 5. The number of hydrogen-bond donors (Lipinski definition) is 1. The number of carbonyl (C=O) groups excluding carboxylic acids is 2. The lowest BCUT2D eigenvalue weighted by atomic mass is 10.0. The van der Waals surface area contributed by atoms with Crippen molar-refractivity contribution < 1.29 is 14.3 Å². The lowest BCUT2D eigenvalue weighted by Gasteiger charge is -2.40. The molecule has 1 N–H and O–H groups in total. The zero-order chi connectivity index (χ0) is 25.9. The third-order valence-electron chi connectivity index (χ3n) is 6.25. The lowest BCUT2D eigenvalue weighted by Crippen LogP contribution is -2.52. The van der Waals surface area contributed by atoms with Gasteiger partial charge in [-0.3, -0.25) is 9.69 Å². The topological polar surface area (TPSA) is 90.9 Å². The molecule has 36 heavy (non-hydrogen) atoms. The number of benzene rings is 1. The molecule has 2 aliphatic rings. The zero-order valence-electron chi connectivity index (χ0n) is 21.5. The number of anilines is 3. The summed E-state index contributed by atoms with van der Waals surface area (Å²) in [5, 5.41) is 3.99. The highest BCUT2D eigenvalue weighted by Crippen LogP contribution is 2.39. The number of ether oxygens (including phenoxy) is 1. The molecule has 2 aliphatic heterocycles. The molecule has 0 aliphatic carbocycles. The van der Waals surface area contributed by atoms with E-state index in [1.54, 1.807) is 9.80 Å². The number of unbranched alkanes of at least 4 members (excludes halogenated alkanes) is 1. The number of amides is 2. The molecule has 10 heteroatoms. The summed E-state index contributed by atoms with van der Waals surface area (Å²) < 4.78 is 5.53. The number of carbonyl (C=O) groups is 2. The molecule has 1 aromatic heterocycles. The van der Waals surface area contributed by atoms with Crippen LogP contribution in [-0.2, 0) is 16.1 Å². The zero-order valence-corrected chi connectivity index (χ0v) is 22.2. The number of piperazine rings is 1. The van der Waals surface area contributed by atoms with Gasteiger partial charge in [-0.05, 0) is 44.9 Å². The van der Waals surface area contributed by atoms with Crippen LogP contribution in [0.1, 0.15) is 52.5 Å². The largest absolute Gasteiger partial charge is 0.444 e. The Kier molecular flexibility index (Phi) is 7.88. The fraction of sp³-hybridized carbons (Fsp3) is 0.538. The first-order valence-electron chi connectivity index (χ1n) is 12.6. The van der Waals surface area contributed by atoms with Gasteiger partial charge in [-0.1, -0.05) is 43.5 Å². The van der Waals surface area contributed by atoms with Gasteiger partial charge in [-0.2, -0.15) is 0 Å². The Labute approximate surface area is 217 Å². The highest BCUT2D eigenvalue weighted by Gasteiger charge is 2.37. The van der Waals surface area contributed by atoms with E-state index in [1.165, 1.54) is 6.33 Å². The molecule has 1 saturated heterocycles. The Hall–Kier alpha value is -3.07. The minimum absolute atomic E-state index is 0.000587. The fourth-order valence-corrected chi connectivity index (χ4v) is 4.70. The summed E-state index contributed by atoms with van der Waals surface area (Å²) in [6, 6.07) is 7.20. The van der Waals surface area contributed by atoms with Crippen LogP contribution in [0.3, 0.4) is 0 Å². The Morgan fingerprint density at radius 1 is 1.19 bits per heavy atom. The van der Waals surface area contributed by atoms with E-state index in [1.807, 2.05) is 45.0 Å². The second-order valence-corrected chi connectivity index (χ2v) is 10.7. The van der Waals surface area contributed by atoms with Gasteiger partial charge < -0.3 is 19.9 Å². The third kappa shape index (κ3) is 6.00. The van der Waals surface area contributed by atoms with Gasteiger partial charge in [0.05, 0.1) is 6.54 Å². The summed E-state index contributed by atoms with van der Waals surface area (Å²) in [7, 11) is 0. The first-order valence-corrected chi connectivity index (χ1v) is 12.9. The van der Waals surface area contributed by atoms with E-state index >= 15 is 0 Å². The average molecular weight is 515 g/mol. The monoisotopic (exact) mass is 514 g/mol. The average Bonchev–Trinajstić information content (AvgIpc) is 2.83. The van der Waals surface area contributed by atoms with Gasteiger partial charge in [0.25, 0.3) is 0 Å². The highest BCUT2D eigenvalue weighted by molar-refractivity contribution is 6.30. The maximum absolute atomic E-state index is 13.7. The van der Waals surface area contributed by atoms with Crippen molar-refractivity contribution in [1.29, 1.82) is 0 Å². The fourth-order valence-electron chi connectivity index (χ4n) is 4.49. The molecule has 0 unspecified atom stereocenters. The minimum Gasteiger partial charge on any atom is -0.444 e. The maximum Gasteiger partial charge on any atom is 0.410 e. The molecule has 0 bridgehead atoms. The summed E-state index contributed by atoms with van der Waals surface area (Å²) in [6.07, 6.45) is 3.89. The van der Waals surface area contributed by atoms with Crippen LogP contribution in [0.2, 0.25) is 5.02 Å². The maximum atomic E-state index is 13.7. The van der Waals surface area contributed by atoms with Crippen molar-refractivity contribution in [2.45, 2.75) is 65.1 Å². The minimum atomic E-state index is -0.541. The van der Waals surface area contributed by atoms with Crippen LogP contribution in [0.15, 0.2) is 30.6 Å². The van der Waals surface area contributed by atoms with Crippen molar-refractivity contribution in [3.05, 3.63) is 41.2 Å². The lowest BCUT2D eigenvalue weighted by molar-refractivity contribution is -0.119. The first-order chi connectivity index (χ1) is 17.2. The number of hydrogen-bond acceptors (Lipinski definition) is 7. The van der Waals surface area contributed by atoms with E-state index in [-0.39, 0.29) is 18.0 Å². The molecule has 1 atom stereocenters. The van der Waals surface area contributed by atoms with Crippen molar-refractivity contribution in [1.82, 2.24) is 14.9 Å². The predicted octanol–water partition coefficient (Wildman–Crippen LogP) is 4.70. The SMILES string of the molecule is CCCC[C@@H]1Nc2ncnc(N3CCN(C(=O)OC(C)(C)C)CC3)c2N(Cc2cccc(Cl)c2)C1=O. The van der Waals surface area contributed by atoms with Gasteiger partial charge in [0.15, 0.2) is 11.6 Å². The highest BCUT2D eigenvalue weighted by atomic mass is 35.5. The van der Waals surface area contributed by atoms with Crippen LogP contribution < -0.4 is 15.1 Å². The number of aromatic nitrogens is 2. The van der Waals surface area contributed by atoms with Gasteiger partial charge in [0, 0.05) is 31.2 Å². The van der Waals surface area contributed by atoms with Crippen LogP contribution in [0.25, 0.3) is 0 Å². The smallest absolute Gasteiger partial charge is 0.410 e. The molecule has 2 amide bonds. The van der Waals surface area contributed by atoms with E-state index in [9.17, 15) is 9.59 Å². The van der Waals surface area contributed by atoms with Crippen molar-refractivity contribution in [3.63, 3.8) is 0 Å². The summed E-state index contributed by atoms with van der Waals surface area (Å²) in [5.74, 6) is 1.33. The van der Waals surface area contributed by atoms with Crippen molar-refractivity contribution in [3.8, 4) is 0 Å². The second kappa shape index (κ2) is 10.9. The number of rotatable bonds is 6. The summed E-state index contributed by atoms with van der Waals surface area (Å²) in [5.41, 5.74) is 1.06. The van der Waals surface area contributed by atoms with E-state index in [2.05, 4.69) is 27.1 Å². The predicted molar refractivity (Wildman–Crippen MR) is 142 cm³/mol. The van der Waals surface area contributed by atoms with Gasteiger partial charge >= 0.3 is 6.09 Å². The molecule has 0 saturated carbocycles. The van der Waals surface area contributed by atoms with Gasteiger partial charge in [0.1, 0.15) is 23.7 Å². The standard InChI is InChI=1S/C26H35ClN6O3/c1-5-6-10-20-24(34)33(16-18-8-7-9-19(27)15-18)21-22(30-20)28-17-29-23(21)31-11-13-32(14-12-31)25(35)36-26(2,3)4/h7-9,15,17,20H,5-6,10-14,16H2,1-4H3,(H,28,29,30)/t20-/m0/s1. The van der Waals surface area contributed by atoms with Gasteiger partial charge in [-0.15, -0.1) is 0 Å². The molecule has 0 spiro atoms. The first kappa shape index (κ1) is 26.0. The van der Waals surface area contributed by atoms with Crippen molar-refractivity contribution >= 4 is 40.9 Å². The van der Waals surface area contributed by atoms with Crippen LogP contribution in [0.5, 0.6) is 0 Å². The molecule has 194 valence electrons. The molecule has 0 radical (unpaired) electrons. The Balaban J connectivity index is 1.61. The van der Waals surface area contributed by atoms with E-state index in [4.69, 9.17) is 16.3 Å². The molecule has 4 rings (SSSR count). The summed E-state index contributed by atoms with van der Waals surface area (Å²) in [6.45, 7) is 10.2. The molecule has 1 fully saturated rings. The molecular weight excluding hydrogens is 480 g/mol. The Morgan fingerprint density at radius 2 is 1.94 bits per heavy atom. The number of halogens is 1. The van der Waals surface area contributed by atoms with E-state index < -0.39 is 5.60 Å². The Bertz CT molecular complexity index is 1100. The molecular formula is C26H35ClN6O3.